The Balaban J connectivity index is 1.54. The molecule has 3 fully saturated rings. The number of likely N-dealkylation sites (tertiary alicyclic amines) is 1. The number of nitrogens with zero attached hydrogens (tertiary/aromatic N) is 1. The molecule has 4 nitrogen and oxygen atoms in total. The minimum Gasteiger partial charge on any atom is -0.377 e. The normalized spacial score (nSPS) is 43.6. The molecule has 2 saturated heterocycles. The van der Waals surface area contributed by atoms with Crippen molar-refractivity contribution in [3.8, 4) is 0 Å². The fourth-order valence-electron chi connectivity index (χ4n) is 4.55. The van der Waals surface area contributed by atoms with Crippen molar-refractivity contribution >= 4 is 0 Å². The summed E-state index contributed by atoms with van der Waals surface area (Å²) in [6, 6.07) is 0.632. The van der Waals surface area contributed by atoms with Gasteiger partial charge in [-0.05, 0) is 43.6 Å². The number of aliphatic hydroxyl groups excluding tert-OH is 1. The van der Waals surface area contributed by atoms with Gasteiger partial charge in [-0.3, -0.25) is 0 Å². The molecular weight excluding hydrogens is 250 g/mol. The molecule has 4 N–H and O–H groups in total. The molecule has 2 aliphatic heterocycles. The Morgan fingerprint density at radius 1 is 1.30 bits per heavy atom. The quantitative estimate of drug-likeness (QED) is 0.522. The van der Waals surface area contributed by atoms with Gasteiger partial charge in [-0.1, -0.05) is 26.2 Å². The molecule has 0 bridgehead atoms. The summed E-state index contributed by atoms with van der Waals surface area (Å²) in [4.78, 5) is 2.69. The number of rotatable bonds is 5. The van der Waals surface area contributed by atoms with Crippen molar-refractivity contribution in [2.75, 3.05) is 19.6 Å². The van der Waals surface area contributed by atoms with Crippen molar-refractivity contribution in [1.29, 1.82) is 0 Å². The van der Waals surface area contributed by atoms with E-state index >= 15 is 0 Å². The molecule has 4 heteroatoms. The fourth-order valence-corrected chi connectivity index (χ4v) is 4.55. The van der Waals surface area contributed by atoms with Crippen LogP contribution in [0, 0.1) is 17.8 Å². The number of aliphatic hydroxyl groups is 1. The Morgan fingerprint density at radius 3 is 2.75 bits per heavy atom. The SMILES string of the molecule is CCC1CCN(CC2CCCCC2C2NC2C(N)O)C1. The third-order valence-corrected chi connectivity index (χ3v) is 5.90. The number of nitrogens with two attached hydrogens (primary N) is 1. The lowest BCUT2D eigenvalue weighted by molar-refractivity contribution is 0.145. The summed E-state index contributed by atoms with van der Waals surface area (Å²) in [7, 11) is 0. The van der Waals surface area contributed by atoms with Crippen LogP contribution in [0.25, 0.3) is 0 Å². The fraction of sp³-hybridized carbons (Fsp3) is 1.00. The Morgan fingerprint density at radius 2 is 2.10 bits per heavy atom. The van der Waals surface area contributed by atoms with E-state index in [1.165, 1.54) is 58.2 Å². The first-order chi connectivity index (χ1) is 9.69. The molecule has 2 heterocycles. The second kappa shape index (κ2) is 6.30. The van der Waals surface area contributed by atoms with E-state index in [4.69, 9.17) is 5.73 Å². The first kappa shape index (κ1) is 14.8. The molecule has 3 aliphatic rings. The van der Waals surface area contributed by atoms with Crippen LogP contribution in [0.1, 0.15) is 45.4 Å². The predicted octanol–water partition coefficient (Wildman–Crippen LogP) is 1.14. The van der Waals surface area contributed by atoms with E-state index in [1.807, 2.05) is 0 Å². The molecule has 0 amide bonds. The van der Waals surface area contributed by atoms with Gasteiger partial charge < -0.3 is 21.1 Å². The number of nitrogens with one attached hydrogen (secondary N) is 1. The first-order valence-electron chi connectivity index (χ1n) is 8.61. The van der Waals surface area contributed by atoms with Crippen LogP contribution in [0.3, 0.4) is 0 Å². The van der Waals surface area contributed by atoms with Gasteiger partial charge in [0.2, 0.25) is 0 Å². The molecule has 0 spiro atoms. The largest absolute Gasteiger partial charge is 0.377 e. The maximum atomic E-state index is 9.54. The van der Waals surface area contributed by atoms with Gasteiger partial charge in [0.05, 0.1) is 6.04 Å². The van der Waals surface area contributed by atoms with Crippen LogP contribution in [-0.4, -0.2) is 48.0 Å². The Bertz CT molecular complexity index is 323. The molecule has 1 saturated carbocycles. The molecule has 1 aliphatic carbocycles. The average Bonchev–Trinajstić information content (AvgIpc) is 3.13. The van der Waals surface area contributed by atoms with Gasteiger partial charge in [-0.2, -0.15) is 0 Å². The zero-order valence-corrected chi connectivity index (χ0v) is 12.8. The molecular formula is C16H31N3O. The van der Waals surface area contributed by atoms with Crippen LogP contribution in [-0.2, 0) is 0 Å². The highest BCUT2D eigenvalue weighted by molar-refractivity contribution is 5.06. The lowest BCUT2D eigenvalue weighted by atomic mass is 9.76. The van der Waals surface area contributed by atoms with E-state index in [0.717, 1.165) is 17.8 Å². The zero-order chi connectivity index (χ0) is 14.1. The highest BCUT2D eigenvalue weighted by atomic mass is 16.3. The van der Waals surface area contributed by atoms with E-state index < -0.39 is 6.23 Å². The van der Waals surface area contributed by atoms with Gasteiger partial charge in [0, 0.05) is 19.1 Å². The minimum atomic E-state index is -0.682. The lowest BCUT2D eigenvalue weighted by Gasteiger charge is -2.34. The second-order valence-corrected chi connectivity index (χ2v) is 7.24. The standard InChI is InChI=1S/C16H31N3O/c1-2-11-7-8-19(9-11)10-12-5-3-4-6-13(12)14-15(18-14)16(17)20/h11-16,18,20H,2-10,17H2,1H3. The van der Waals surface area contributed by atoms with Crippen molar-refractivity contribution in [3.05, 3.63) is 0 Å². The van der Waals surface area contributed by atoms with E-state index in [1.54, 1.807) is 0 Å². The highest BCUT2D eigenvalue weighted by Crippen LogP contribution is 2.39. The monoisotopic (exact) mass is 281 g/mol. The van der Waals surface area contributed by atoms with Gasteiger partial charge in [-0.15, -0.1) is 0 Å². The topological polar surface area (TPSA) is 71.4 Å². The number of hydrogen-bond donors (Lipinski definition) is 3. The van der Waals surface area contributed by atoms with Gasteiger partial charge in [0.15, 0.2) is 0 Å². The molecule has 0 aromatic rings. The van der Waals surface area contributed by atoms with Crippen molar-refractivity contribution in [2.24, 2.45) is 23.5 Å². The summed E-state index contributed by atoms with van der Waals surface area (Å²) in [5.41, 5.74) is 5.62. The van der Waals surface area contributed by atoms with Crippen LogP contribution < -0.4 is 11.1 Å². The lowest BCUT2D eigenvalue weighted by Crippen LogP contribution is -2.37. The molecule has 0 aromatic heterocycles. The van der Waals surface area contributed by atoms with Crippen LogP contribution in [0.5, 0.6) is 0 Å². The molecule has 20 heavy (non-hydrogen) atoms. The van der Waals surface area contributed by atoms with E-state index in [-0.39, 0.29) is 6.04 Å². The Kier molecular flexibility index (Phi) is 4.65. The third kappa shape index (κ3) is 3.19. The molecule has 6 atom stereocenters. The van der Waals surface area contributed by atoms with Gasteiger partial charge in [0.25, 0.3) is 0 Å². The minimum absolute atomic E-state index is 0.155. The zero-order valence-electron chi connectivity index (χ0n) is 12.8. The highest BCUT2D eigenvalue weighted by Gasteiger charge is 2.48. The van der Waals surface area contributed by atoms with Crippen LogP contribution in [0.2, 0.25) is 0 Å². The van der Waals surface area contributed by atoms with Gasteiger partial charge in [0.1, 0.15) is 6.23 Å². The van der Waals surface area contributed by atoms with E-state index in [2.05, 4.69) is 17.1 Å². The summed E-state index contributed by atoms with van der Waals surface area (Å²) in [6.45, 7) is 6.19. The van der Waals surface area contributed by atoms with E-state index in [9.17, 15) is 5.11 Å². The molecule has 116 valence electrons. The molecule has 0 aromatic carbocycles. The van der Waals surface area contributed by atoms with Gasteiger partial charge in [-0.25, -0.2) is 0 Å². The number of hydrogen-bond acceptors (Lipinski definition) is 4. The van der Waals surface area contributed by atoms with E-state index in [0.29, 0.717) is 6.04 Å². The molecule has 6 unspecified atom stereocenters. The maximum Gasteiger partial charge on any atom is 0.119 e. The predicted molar refractivity (Wildman–Crippen MR) is 81.2 cm³/mol. The first-order valence-corrected chi connectivity index (χ1v) is 8.61. The van der Waals surface area contributed by atoms with Crippen LogP contribution in [0.15, 0.2) is 0 Å². The maximum absolute atomic E-state index is 9.54. The molecule has 3 rings (SSSR count). The average molecular weight is 281 g/mol. The van der Waals surface area contributed by atoms with Crippen LogP contribution in [0.4, 0.5) is 0 Å². The molecule has 0 radical (unpaired) electrons. The second-order valence-electron chi connectivity index (χ2n) is 7.24. The van der Waals surface area contributed by atoms with Crippen molar-refractivity contribution < 1.29 is 5.11 Å². The third-order valence-electron chi connectivity index (χ3n) is 5.90. The smallest absolute Gasteiger partial charge is 0.119 e. The van der Waals surface area contributed by atoms with Crippen molar-refractivity contribution in [2.45, 2.75) is 63.8 Å². The summed E-state index contributed by atoms with van der Waals surface area (Å²) in [6.07, 6.45) is 7.45. The summed E-state index contributed by atoms with van der Waals surface area (Å²) in [5.74, 6) is 2.46. The van der Waals surface area contributed by atoms with Crippen LogP contribution >= 0.6 is 0 Å². The Hall–Kier alpha value is -0.160. The van der Waals surface area contributed by atoms with Gasteiger partial charge >= 0.3 is 0 Å². The Labute approximate surface area is 123 Å². The summed E-state index contributed by atoms with van der Waals surface area (Å²) in [5, 5.41) is 13.0. The van der Waals surface area contributed by atoms with Crippen molar-refractivity contribution in [3.63, 3.8) is 0 Å². The summed E-state index contributed by atoms with van der Waals surface area (Å²) >= 11 is 0. The van der Waals surface area contributed by atoms with Crippen molar-refractivity contribution in [1.82, 2.24) is 10.2 Å². The summed E-state index contributed by atoms with van der Waals surface area (Å²) < 4.78 is 0.